The summed E-state index contributed by atoms with van der Waals surface area (Å²) in [4.78, 5) is 23.2. The topological polar surface area (TPSA) is 75.6 Å². The third kappa shape index (κ3) is 4.63. The highest BCUT2D eigenvalue weighted by atomic mass is 32.2. The van der Waals surface area contributed by atoms with Gasteiger partial charge in [-0.1, -0.05) is 48.5 Å². The Balaban J connectivity index is 1.65. The summed E-state index contributed by atoms with van der Waals surface area (Å²) in [6.45, 7) is 0.224. The van der Waals surface area contributed by atoms with E-state index >= 15 is 0 Å². The number of benzene rings is 2. The quantitative estimate of drug-likeness (QED) is 0.715. The molecule has 142 valence electrons. The molecule has 0 saturated heterocycles. The first-order valence-corrected chi connectivity index (χ1v) is 10.3. The summed E-state index contributed by atoms with van der Waals surface area (Å²) in [6.07, 6.45) is 1.87. The van der Waals surface area contributed by atoms with Gasteiger partial charge in [-0.2, -0.15) is 11.8 Å². The smallest absolute Gasteiger partial charge is 0.407 e. The molecule has 0 heterocycles. The van der Waals surface area contributed by atoms with E-state index in [2.05, 4.69) is 29.6 Å². The Morgan fingerprint density at radius 1 is 1.11 bits per heavy atom. The van der Waals surface area contributed by atoms with Crippen LogP contribution in [0.25, 0.3) is 11.1 Å². The van der Waals surface area contributed by atoms with Crippen LogP contribution in [0.3, 0.4) is 0 Å². The molecule has 2 aromatic rings. The second kappa shape index (κ2) is 8.95. The first-order valence-electron chi connectivity index (χ1n) is 8.92. The van der Waals surface area contributed by atoms with Gasteiger partial charge in [0.1, 0.15) is 6.61 Å². The van der Waals surface area contributed by atoms with Crippen molar-refractivity contribution in [3.8, 4) is 11.1 Å². The van der Waals surface area contributed by atoms with Gasteiger partial charge in [-0.25, -0.2) is 4.79 Å². The van der Waals surface area contributed by atoms with Gasteiger partial charge in [-0.3, -0.25) is 4.79 Å². The van der Waals surface area contributed by atoms with Crippen LogP contribution in [-0.2, 0) is 9.53 Å². The highest BCUT2D eigenvalue weighted by Crippen LogP contribution is 2.44. The highest BCUT2D eigenvalue weighted by Gasteiger charge is 2.29. The summed E-state index contributed by atoms with van der Waals surface area (Å²) >= 11 is 1.62. The van der Waals surface area contributed by atoms with Crippen molar-refractivity contribution in [3.05, 3.63) is 59.7 Å². The molecule has 1 aliphatic carbocycles. The van der Waals surface area contributed by atoms with Crippen molar-refractivity contribution in [2.24, 2.45) is 0 Å². The molecule has 27 heavy (non-hydrogen) atoms. The molecule has 2 N–H and O–H groups in total. The molecule has 0 aliphatic heterocycles. The van der Waals surface area contributed by atoms with Crippen molar-refractivity contribution in [3.63, 3.8) is 0 Å². The minimum Gasteiger partial charge on any atom is -0.481 e. The lowest BCUT2D eigenvalue weighted by Gasteiger charge is -2.18. The van der Waals surface area contributed by atoms with Crippen LogP contribution in [0, 0.1) is 0 Å². The van der Waals surface area contributed by atoms with Crippen LogP contribution in [0.1, 0.15) is 29.9 Å². The number of carboxylic acid groups (broad SMARTS) is 1. The van der Waals surface area contributed by atoms with Gasteiger partial charge >= 0.3 is 12.1 Å². The Kier molecular flexibility index (Phi) is 6.40. The lowest BCUT2D eigenvalue weighted by atomic mass is 9.98. The third-order valence-electron chi connectivity index (χ3n) is 4.76. The average molecular weight is 385 g/mol. The SMILES string of the molecule is CSCCC(CC(=O)O)NC(=O)OCC1c2ccccc2-c2ccccc21. The van der Waals surface area contributed by atoms with Crippen molar-refractivity contribution in [2.75, 3.05) is 18.6 Å². The van der Waals surface area contributed by atoms with Crippen LogP contribution in [0.5, 0.6) is 0 Å². The summed E-state index contributed by atoms with van der Waals surface area (Å²) in [5.41, 5.74) is 4.64. The molecule has 1 unspecified atom stereocenters. The van der Waals surface area contributed by atoms with E-state index in [4.69, 9.17) is 9.84 Å². The fraction of sp³-hybridized carbons (Fsp3) is 0.333. The number of aliphatic carboxylic acids is 1. The highest BCUT2D eigenvalue weighted by molar-refractivity contribution is 7.98. The average Bonchev–Trinajstić information content (AvgIpc) is 2.98. The maximum absolute atomic E-state index is 12.2. The fourth-order valence-corrected chi connectivity index (χ4v) is 4.02. The van der Waals surface area contributed by atoms with Crippen LogP contribution >= 0.6 is 11.8 Å². The maximum Gasteiger partial charge on any atom is 0.407 e. The largest absolute Gasteiger partial charge is 0.481 e. The zero-order valence-corrected chi connectivity index (χ0v) is 16.0. The predicted octanol–water partition coefficient (Wildman–Crippen LogP) is 4.12. The van der Waals surface area contributed by atoms with Crippen LogP contribution in [-0.4, -0.2) is 41.8 Å². The van der Waals surface area contributed by atoms with E-state index in [-0.39, 0.29) is 18.9 Å². The number of thioether (sulfide) groups is 1. The molecular formula is C21H23NO4S. The van der Waals surface area contributed by atoms with Crippen LogP contribution < -0.4 is 5.32 Å². The van der Waals surface area contributed by atoms with Crippen molar-refractivity contribution in [1.82, 2.24) is 5.32 Å². The standard InChI is InChI=1S/C21H23NO4S/c1-27-11-10-14(12-20(23)24)22-21(25)26-13-19-17-8-4-2-6-15(17)16-7-3-5-9-18(16)19/h2-9,14,19H,10-13H2,1H3,(H,22,25)(H,23,24). The van der Waals surface area contributed by atoms with E-state index in [1.807, 2.05) is 30.5 Å². The zero-order chi connectivity index (χ0) is 19.2. The Hall–Kier alpha value is -2.47. The number of hydrogen-bond acceptors (Lipinski definition) is 4. The molecule has 0 fully saturated rings. The van der Waals surface area contributed by atoms with E-state index in [1.54, 1.807) is 11.8 Å². The van der Waals surface area contributed by atoms with Crippen LogP contribution in [0.4, 0.5) is 4.79 Å². The van der Waals surface area contributed by atoms with Crippen LogP contribution in [0.2, 0.25) is 0 Å². The second-order valence-electron chi connectivity index (χ2n) is 6.55. The number of rotatable bonds is 8. The molecular weight excluding hydrogens is 362 g/mol. The van der Waals surface area contributed by atoms with Gasteiger partial charge in [0, 0.05) is 12.0 Å². The molecule has 0 bridgehead atoms. The third-order valence-corrected chi connectivity index (χ3v) is 5.40. The number of carbonyl (C=O) groups is 2. The van der Waals surface area contributed by atoms with E-state index < -0.39 is 18.1 Å². The Labute approximate surface area is 163 Å². The van der Waals surface area contributed by atoms with Gasteiger partial charge in [-0.15, -0.1) is 0 Å². The number of alkyl carbamates (subject to hydrolysis) is 1. The number of carbonyl (C=O) groups excluding carboxylic acids is 1. The van der Waals surface area contributed by atoms with E-state index in [0.29, 0.717) is 6.42 Å². The normalized spacial score (nSPS) is 13.5. The summed E-state index contributed by atoms with van der Waals surface area (Å²) < 4.78 is 5.48. The summed E-state index contributed by atoms with van der Waals surface area (Å²) in [5, 5.41) is 11.7. The molecule has 5 nitrogen and oxygen atoms in total. The molecule has 0 radical (unpaired) electrons. The number of amides is 1. The number of hydrogen-bond donors (Lipinski definition) is 2. The summed E-state index contributed by atoms with van der Waals surface area (Å²) in [7, 11) is 0. The first kappa shape index (κ1) is 19.3. The van der Waals surface area contributed by atoms with Gasteiger partial charge in [0.25, 0.3) is 0 Å². The Morgan fingerprint density at radius 2 is 1.70 bits per heavy atom. The van der Waals surface area contributed by atoms with Crippen molar-refractivity contribution in [2.45, 2.75) is 24.8 Å². The minimum atomic E-state index is -0.931. The molecule has 1 amide bonds. The van der Waals surface area contributed by atoms with E-state index in [1.165, 1.54) is 11.1 Å². The lowest BCUT2D eigenvalue weighted by Crippen LogP contribution is -2.37. The van der Waals surface area contributed by atoms with Gasteiger partial charge in [0.05, 0.1) is 6.42 Å². The van der Waals surface area contributed by atoms with Gasteiger partial charge in [0.2, 0.25) is 0 Å². The molecule has 2 aromatic carbocycles. The van der Waals surface area contributed by atoms with Crippen LogP contribution in [0.15, 0.2) is 48.5 Å². The van der Waals surface area contributed by atoms with Crippen molar-refractivity contribution in [1.29, 1.82) is 0 Å². The molecule has 6 heteroatoms. The summed E-state index contributed by atoms with van der Waals surface area (Å²) in [5.74, 6) is -0.158. The van der Waals surface area contributed by atoms with Gasteiger partial charge in [-0.05, 0) is 40.7 Å². The Morgan fingerprint density at radius 3 is 2.26 bits per heavy atom. The molecule has 0 saturated carbocycles. The second-order valence-corrected chi connectivity index (χ2v) is 7.53. The minimum absolute atomic E-state index is 0.00716. The van der Waals surface area contributed by atoms with Crippen molar-refractivity contribution >= 4 is 23.8 Å². The monoisotopic (exact) mass is 385 g/mol. The maximum atomic E-state index is 12.2. The summed E-state index contributed by atoms with van der Waals surface area (Å²) in [6, 6.07) is 15.9. The molecule has 1 aliphatic rings. The number of nitrogens with one attached hydrogen (secondary N) is 1. The molecule has 0 spiro atoms. The molecule has 3 rings (SSSR count). The van der Waals surface area contributed by atoms with E-state index in [0.717, 1.165) is 16.9 Å². The number of fused-ring (bicyclic) bond motifs is 3. The fourth-order valence-electron chi connectivity index (χ4n) is 3.50. The van der Waals surface area contributed by atoms with Crippen molar-refractivity contribution < 1.29 is 19.4 Å². The first-order chi connectivity index (χ1) is 13.1. The zero-order valence-electron chi connectivity index (χ0n) is 15.2. The predicted molar refractivity (Wildman–Crippen MR) is 107 cm³/mol. The van der Waals surface area contributed by atoms with Gasteiger partial charge in [0.15, 0.2) is 0 Å². The molecule has 0 aromatic heterocycles. The molecule has 1 atom stereocenters. The van der Waals surface area contributed by atoms with Gasteiger partial charge < -0.3 is 15.2 Å². The van der Waals surface area contributed by atoms with E-state index in [9.17, 15) is 9.59 Å². The lowest BCUT2D eigenvalue weighted by molar-refractivity contribution is -0.137. The Bertz CT molecular complexity index is 778. The number of ether oxygens (including phenoxy) is 1. The number of carboxylic acids is 1.